The minimum atomic E-state index is -0.955. The Morgan fingerprint density at radius 2 is 1.95 bits per heavy atom. The first-order chi connectivity index (χ1) is 10.4. The van der Waals surface area contributed by atoms with E-state index in [9.17, 15) is 14.0 Å². The molecule has 0 aliphatic rings. The molecule has 1 atom stereocenters. The van der Waals surface area contributed by atoms with Crippen LogP contribution in [0.4, 0.5) is 20.0 Å². The van der Waals surface area contributed by atoms with Crippen molar-refractivity contribution in [1.82, 2.24) is 10.2 Å². The third-order valence-corrected chi connectivity index (χ3v) is 4.36. The van der Waals surface area contributed by atoms with Crippen LogP contribution < -0.4 is 10.6 Å². The summed E-state index contributed by atoms with van der Waals surface area (Å²) >= 11 is 2.10. The van der Waals surface area contributed by atoms with Gasteiger partial charge in [0.25, 0.3) is 0 Å². The topological polar surface area (TPSA) is 104 Å². The van der Waals surface area contributed by atoms with Gasteiger partial charge in [0.15, 0.2) is 4.34 Å². The van der Waals surface area contributed by atoms with Crippen LogP contribution in [0.5, 0.6) is 0 Å². The third kappa shape index (κ3) is 4.67. The number of carbonyl (C=O) groups excluding carboxylic acids is 1. The van der Waals surface area contributed by atoms with E-state index in [4.69, 9.17) is 5.11 Å². The Labute approximate surface area is 133 Å². The predicted octanol–water partition coefficient (Wildman–Crippen LogP) is 2.89. The van der Waals surface area contributed by atoms with Crippen LogP contribution in [0, 0.1) is 5.82 Å². The van der Waals surface area contributed by atoms with Gasteiger partial charge in [-0.2, -0.15) is 0 Å². The molecule has 1 aromatic carbocycles. The molecule has 2 rings (SSSR count). The van der Waals surface area contributed by atoms with Gasteiger partial charge in [-0.25, -0.2) is 9.18 Å². The average molecular weight is 342 g/mol. The molecule has 22 heavy (non-hydrogen) atoms. The number of nitrogens with one attached hydrogen (secondary N) is 2. The Hall–Kier alpha value is -2.20. The molecule has 0 bridgehead atoms. The van der Waals surface area contributed by atoms with Crippen LogP contribution in [0.15, 0.2) is 28.6 Å². The molecule has 2 amide bonds. The van der Waals surface area contributed by atoms with Gasteiger partial charge in [0.1, 0.15) is 11.1 Å². The zero-order valence-corrected chi connectivity index (χ0v) is 12.9. The van der Waals surface area contributed by atoms with Gasteiger partial charge in [0.05, 0.1) is 0 Å². The molecule has 0 aliphatic carbocycles. The molecule has 0 radical (unpaired) electrons. The average Bonchev–Trinajstić information content (AvgIpc) is 2.88. The minimum absolute atomic E-state index is 0.236. The van der Waals surface area contributed by atoms with Crippen LogP contribution in [-0.4, -0.2) is 32.6 Å². The smallest absolute Gasteiger partial charge is 0.325 e. The Morgan fingerprint density at radius 3 is 2.59 bits per heavy atom. The largest absolute Gasteiger partial charge is 0.480 e. The molecular formula is C12H11FN4O3S2. The first kappa shape index (κ1) is 16.2. The summed E-state index contributed by atoms with van der Waals surface area (Å²) in [6, 6.07) is 4.74. The van der Waals surface area contributed by atoms with Gasteiger partial charge in [-0.15, -0.1) is 10.2 Å². The summed E-state index contributed by atoms with van der Waals surface area (Å²) < 4.78 is 13.2. The maximum Gasteiger partial charge on any atom is 0.325 e. The van der Waals surface area contributed by atoms with E-state index in [2.05, 4.69) is 20.8 Å². The summed E-state index contributed by atoms with van der Waals surface area (Å²) in [5.41, 5.74) is 0.428. The molecular weight excluding hydrogens is 331 g/mol. The van der Waals surface area contributed by atoms with Crippen molar-refractivity contribution in [2.45, 2.75) is 16.5 Å². The quantitative estimate of drug-likeness (QED) is 0.570. The number of hydrogen-bond donors (Lipinski definition) is 3. The molecule has 7 nitrogen and oxygen atoms in total. The summed E-state index contributed by atoms with van der Waals surface area (Å²) in [6.07, 6.45) is 0. The number of hydrogen-bond acceptors (Lipinski definition) is 6. The molecule has 0 aliphatic heterocycles. The highest BCUT2D eigenvalue weighted by atomic mass is 32.2. The molecule has 0 fully saturated rings. The SMILES string of the molecule is C[C@H](Sc1nnc(NC(=O)Nc2ccc(F)cc2)s1)C(=O)O. The second-order valence-electron chi connectivity index (χ2n) is 4.06. The Morgan fingerprint density at radius 1 is 1.27 bits per heavy atom. The van der Waals surface area contributed by atoms with Gasteiger partial charge in [-0.1, -0.05) is 23.1 Å². The van der Waals surface area contributed by atoms with E-state index in [1.165, 1.54) is 31.2 Å². The Kier molecular flexibility index (Phi) is 5.28. The van der Waals surface area contributed by atoms with Crippen molar-refractivity contribution in [1.29, 1.82) is 0 Å². The highest BCUT2D eigenvalue weighted by Gasteiger charge is 2.16. The van der Waals surface area contributed by atoms with Crippen molar-refractivity contribution in [3.8, 4) is 0 Å². The number of rotatable bonds is 5. The third-order valence-electron chi connectivity index (χ3n) is 2.35. The van der Waals surface area contributed by atoms with Crippen molar-refractivity contribution >= 4 is 45.9 Å². The highest BCUT2D eigenvalue weighted by Crippen LogP contribution is 2.28. The number of aliphatic carboxylic acids is 1. The normalized spacial score (nSPS) is 11.7. The van der Waals surface area contributed by atoms with Gasteiger partial charge < -0.3 is 10.4 Å². The molecule has 1 heterocycles. The van der Waals surface area contributed by atoms with Gasteiger partial charge >= 0.3 is 12.0 Å². The van der Waals surface area contributed by atoms with E-state index < -0.39 is 23.1 Å². The maximum atomic E-state index is 12.7. The summed E-state index contributed by atoms with van der Waals surface area (Å²) in [5, 5.41) is 20.9. The fraction of sp³-hybridized carbons (Fsp3) is 0.167. The fourth-order valence-electron chi connectivity index (χ4n) is 1.30. The molecule has 1 aromatic heterocycles. The lowest BCUT2D eigenvalue weighted by Gasteiger charge is -2.04. The summed E-state index contributed by atoms with van der Waals surface area (Å²) in [4.78, 5) is 22.5. The van der Waals surface area contributed by atoms with Gasteiger partial charge in [0.2, 0.25) is 5.13 Å². The van der Waals surface area contributed by atoms with E-state index in [0.29, 0.717) is 10.0 Å². The lowest BCUT2D eigenvalue weighted by molar-refractivity contribution is -0.136. The van der Waals surface area contributed by atoms with Crippen molar-refractivity contribution in [3.05, 3.63) is 30.1 Å². The summed E-state index contributed by atoms with van der Waals surface area (Å²) in [7, 11) is 0. The predicted molar refractivity (Wildman–Crippen MR) is 81.9 cm³/mol. The van der Waals surface area contributed by atoms with Crippen LogP contribution in [-0.2, 0) is 4.79 Å². The summed E-state index contributed by atoms with van der Waals surface area (Å²) in [6.45, 7) is 1.53. The van der Waals surface area contributed by atoms with Gasteiger partial charge in [0, 0.05) is 5.69 Å². The summed E-state index contributed by atoms with van der Waals surface area (Å²) in [5.74, 6) is -1.35. The number of urea groups is 1. The van der Waals surface area contributed by atoms with E-state index in [-0.39, 0.29) is 5.13 Å². The minimum Gasteiger partial charge on any atom is -0.480 e. The van der Waals surface area contributed by atoms with Crippen LogP contribution in [0.1, 0.15) is 6.92 Å². The molecule has 116 valence electrons. The number of aromatic nitrogens is 2. The zero-order valence-electron chi connectivity index (χ0n) is 11.2. The van der Waals surface area contributed by atoms with E-state index >= 15 is 0 Å². The highest BCUT2D eigenvalue weighted by molar-refractivity contribution is 8.02. The number of amides is 2. The first-order valence-corrected chi connectivity index (χ1v) is 7.70. The number of carbonyl (C=O) groups is 2. The monoisotopic (exact) mass is 342 g/mol. The molecule has 0 spiro atoms. The van der Waals surface area contributed by atoms with Gasteiger partial charge in [-0.05, 0) is 31.2 Å². The number of nitrogens with zero attached hydrogens (tertiary/aromatic N) is 2. The van der Waals surface area contributed by atoms with E-state index in [1.807, 2.05) is 0 Å². The van der Waals surface area contributed by atoms with Crippen LogP contribution in [0.2, 0.25) is 0 Å². The molecule has 0 saturated heterocycles. The number of carboxylic acids is 1. The second-order valence-corrected chi connectivity index (χ2v) is 6.62. The van der Waals surface area contributed by atoms with E-state index in [0.717, 1.165) is 23.1 Å². The zero-order chi connectivity index (χ0) is 16.1. The maximum absolute atomic E-state index is 12.7. The molecule has 0 saturated carbocycles. The molecule has 2 aromatic rings. The molecule has 10 heteroatoms. The standard InChI is InChI=1S/C12H11FN4O3S2/c1-6(9(18)19)21-12-17-16-11(22-12)15-10(20)14-8-4-2-7(13)3-5-8/h2-6H,1H3,(H,18,19)(H2,14,15,16,20)/t6-/m0/s1. The van der Waals surface area contributed by atoms with E-state index in [1.54, 1.807) is 0 Å². The van der Waals surface area contributed by atoms with Crippen LogP contribution >= 0.6 is 23.1 Å². The van der Waals surface area contributed by atoms with Crippen molar-refractivity contribution in [2.75, 3.05) is 10.6 Å². The Bertz CT molecular complexity index is 677. The lowest BCUT2D eigenvalue weighted by atomic mass is 10.3. The van der Waals surface area contributed by atoms with Crippen molar-refractivity contribution in [3.63, 3.8) is 0 Å². The number of anilines is 2. The first-order valence-electron chi connectivity index (χ1n) is 6.00. The fourth-order valence-corrected chi connectivity index (χ4v) is 3.13. The van der Waals surface area contributed by atoms with Gasteiger partial charge in [-0.3, -0.25) is 10.1 Å². The number of halogens is 1. The number of benzene rings is 1. The van der Waals surface area contributed by atoms with Crippen LogP contribution in [0.3, 0.4) is 0 Å². The second kappa shape index (κ2) is 7.18. The lowest BCUT2D eigenvalue weighted by Crippen LogP contribution is -2.19. The van der Waals surface area contributed by atoms with Crippen molar-refractivity contribution < 1.29 is 19.1 Å². The van der Waals surface area contributed by atoms with Crippen LogP contribution in [0.25, 0.3) is 0 Å². The molecule has 3 N–H and O–H groups in total. The Balaban J connectivity index is 1.90. The molecule has 0 unspecified atom stereocenters. The number of carboxylic acid groups (broad SMARTS) is 1. The van der Waals surface area contributed by atoms with Crippen molar-refractivity contribution in [2.24, 2.45) is 0 Å². The number of thioether (sulfide) groups is 1.